The zero-order chi connectivity index (χ0) is 19.6. The van der Waals surface area contributed by atoms with Crippen LogP contribution in [0.3, 0.4) is 0 Å². The molecule has 144 valence electrons. The second-order valence-electron chi connectivity index (χ2n) is 5.80. The molecule has 0 bridgehead atoms. The van der Waals surface area contributed by atoms with Crippen molar-refractivity contribution in [3.05, 3.63) is 58.6 Å². The van der Waals surface area contributed by atoms with Crippen molar-refractivity contribution in [2.75, 3.05) is 20.8 Å². The molecule has 2 aromatic rings. The number of hydrogen-bond acceptors (Lipinski definition) is 4. The van der Waals surface area contributed by atoms with Crippen LogP contribution in [0.4, 0.5) is 0 Å². The maximum Gasteiger partial charge on any atom is 0.251 e. The average molecular weight is 391 g/mol. The Bertz CT molecular complexity index is 778. The second kappa shape index (κ2) is 10.4. The summed E-state index contributed by atoms with van der Waals surface area (Å²) >= 11 is 5.80. The summed E-state index contributed by atoms with van der Waals surface area (Å²) in [5, 5.41) is 6.21. The van der Waals surface area contributed by atoms with Crippen molar-refractivity contribution in [1.29, 1.82) is 0 Å². The minimum absolute atomic E-state index is 0.0967. The SMILES string of the molecule is COc1cccc(CNC(=O)CCCNC(=O)c2ccc(Cl)cc2)c1OC. The molecule has 2 amide bonds. The molecule has 0 fully saturated rings. The highest BCUT2D eigenvalue weighted by Gasteiger charge is 2.11. The first-order chi connectivity index (χ1) is 13.0. The summed E-state index contributed by atoms with van der Waals surface area (Å²) < 4.78 is 10.6. The van der Waals surface area contributed by atoms with Gasteiger partial charge in [0.25, 0.3) is 5.91 Å². The fourth-order valence-corrected chi connectivity index (χ4v) is 2.66. The number of carbonyl (C=O) groups is 2. The third-order valence-corrected chi connectivity index (χ3v) is 4.19. The van der Waals surface area contributed by atoms with E-state index in [2.05, 4.69) is 10.6 Å². The van der Waals surface area contributed by atoms with E-state index in [1.165, 1.54) is 0 Å². The molecule has 0 saturated heterocycles. The Kier molecular flexibility index (Phi) is 7.95. The van der Waals surface area contributed by atoms with E-state index in [0.717, 1.165) is 5.56 Å². The molecule has 27 heavy (non-hydrogen) atoms. The predicted octanol–water partition coefficient (Wildman–Crippen LogP) is 3.18. The van der Waals surface area contributed by atoms with Gasteiger partial charge in [-0.1, -0.05) is 23.7 Å². The van der Waals surface area contributed by atoms with E-state index < -0.39 is 0 Å². The third-order valence-electron chi connectivity index (χ3n) is 3.93. The van der Waals surface area contributed by atoms with Crippen LogP contribution in [0, 0.1) is 0 Å². The molecule has 2 rings (SSSR count). The van der Waals surface area contributed by atoms with Crippen molar-refractivity contribution in [2.24, 2.45) is 0 Å². The summed E-state index contributed by atoms with van der Waals surface area (Å²) in [7, 11) is 3.13. The van der Waals surface area contributed by atoms with E-state index in [4.69, 9.17) is 21.1 Å². The van der Waals surface area contributed by atoms with Gasteiger partial charge in [-0.3, -0.25) is 9.59 Å². The van der Waals surface area contributed by atoms with Crippen LogP contribution >= 0.6 is 11.6 Å². The number of ether oxygens (including phenoxy) is 2. The molecule has 0 atom stereocenters. The Morgan fingerprint density at radius 3 is 2.41 bits per heavy atom. The summed E-state index contributed by atoms with van der Waals surface area (Å²) in [6, 6.07) is 12.2. The maximum atomic E-state index is 12.0. The Morgan fingerprint density at radius 1 is 1.00 bits per heavy atom. The lowest BCUT2D eigenvalue weighted by atomic mass is 10.1. The molecule has 0 aromatic heterocycles. The molecule has 0 unspecified atom stereocenters. The molecule has 0 saturated carbocycles. The maximum absolute atomic E-state index is 12.0. The number of benzene rings is 2. The highest BCUT2D eigenvalue weighted by molar-refractivity contribution is 6.30. The first kappa shape index (κ1) is 20.6. The molecule has 7 heteroatoms. The van der Waals surface area contributed by atoms with E-state index in [0.29, 0.717) is 48.0 Å². The van der Waals surface area contributed by atoms with Crippen LogP contribution in [0.25, 0.3) is 0 Å². The second-order valence-corrected chi connectivity index (χ2v) is 6.23. The summed E-state index contributed by atoms with van der Waals surface area (Å²) in [6.07, 6.45) is 0.855. The number of nitrogens with one attached hydrogen (secondary N) is 2. The van der Waals surface area contributed by atoms with Gasteiger partial charge in [-0.05, 0) is 36.8 Å². The van der Waals surface area contributed by atoms with Crippen molar-refractivity contribution in [3.8, 4) is 11.5 Å². The monoisotopic (exact) mass is 390 g/mol. The third kappa shape index (κ3) is 6.18. The Morgan fingerprint density at radius 2 is 1.74 bits per heavy atom. The Balaban J connectivity index is 1.72. The Hall–Kier alpha value is -2.73. The Labute approximate surface area is 163 Å². The number of methoxy groups -OCH3 is 2. The van der Waals surface area contributed by atoms with Crippen molar-refractivity contribution in [2.45, 2.75) is 19.4 Å². The molecule has 2 N–H and O–H groups in total. The molecule has 0 aliphatic heterocycles. The van der Waals surface area contributed by atoms with Crippen LogP contribution in [0.5, 0.6) is 11.5 Å². The largest absolute Gasteiger partial charge is 0.493 e. The lowest BCUT2D eigenvalue weighted by Crippen LogP contribution is -2.27. The number of rotatable bonds is 9. The average Bonchev–Trinajstić information content (AvgIpc) is 2.69. The molecule has 0 aliphatic carbocycles. The van der Waals surface area contributed by atoms with Crippen molar-refractivity contribution < 1.29 is 19.1 Å². The molecular formula is C20H23ClN2O4. The van der Waals surface area contributed by atoms with Gasteiger partial charge in [0.2, 0.25) is 5.91 Å². The van der Waals surface area contributed by atoms with Gasteiger partial charge in [0.15, 0.2) is 11.5 Å². The first-order valence-corrected chi connectivity index (χ1v) is 8.93. The van der Waals surface area contributed by atoms with E-state index in [1.807, 2.05) is 12.1 Å². The lowest BCUT2D eigenvalue weighted by Gasteiger charge is -2.13. The van der Waals surface area contributed by atoms with E-state index >= 15 is 0 Å². The van der Waals surface area contributed by atoms with Gasteiger partial charge in [0, 0.05) is 35.7 Å². The van der Waals surface area contributed by atoms with Gasteiger partial charge < -0.3 is 20.1 Å². The van der Waals surface area contributed by atoms with Gasteiger partial charge in [0.1, 0.15) is 0 Å². The van der Waals surface area contributed by atoms with Crippen molar-refractivity contribution in [1.82, 2.24) is 10.6 Å². The number of amides is 2. The number of carbonyl (C=O) groups excluding carboxylic acids is 2. The predicted molar refractivity (Wildman–Crippen MR) is 104 cm³/mol. The fraction of sp³-hybridized carbons (Fsp3) is 0.300. The van der Waals surface area contributed by atoms with Gasteiger partial charge in [-0.2, -0.15) is 0 Å². The standard InChI is InChI=1S/C20H23ClN2O4/c1-26-17-6-3-5-15(19(17)27-2)13-23-18(24)7-4-12-22-20(25)14-8-10-16(21)11-9-14/h3,5-6,8-11H,4,7,12-13H2,1-2H3,(H,22,25)(H,23,24). The fourth-order valence-electron chi connectivity index (χ4n) is 2.53. The molecule has 0 radical (unpaired) electrons. The van der Waals surface area contributed by atoms with Crippen molar-refractivity contribution >= 4 is 23.4 Å². The van der Waals surface area contributed by atoms with Crippen LogP contribution in [-0.2, 0) is 11.3 Å². The number of para-hydroxylation sites is 1. The minimum atomic E-state index is -0.187. The van der Waals surface area contributed by atoms with Gasteiger partial charge >= 0.3 is 0 Å². The van der Waals surface area contributed by atoms with Crippen LogP contribution < -0.4 is 20.1 Å². The lowest BCUT2D eigenvalue weighted by molar-refractivity contribution is -0.121. The van der Waals surface area contributed by atoms with Gasteiger partial charge in [-0.15, -0.1) is 0 Å². The topological polar surface area (TPSA) is 76.7 Å². The first-order valence-electron chi connectivity index (χ1n) is 8.55. The van der Waals surface area contributed by atoms with E-state index in [-0.39, 0.29) is 11.8 Å². The van der Waals surface area contributed by atoms with Gasteiger partial charge in [-0.25, -0.2) is 0 Å². The summed E-state index contributed by atoms with van der Waals surface area (Å²) in [5.74, 6) is 0.943. The highest BCUT2D eigenvalue weighted by Crippen LogP contribution is 2.30. The molecule has 6 nitrogen and oxygen atoms in total. The zero-order valence-electron chi connectivity index (χ0n) is 15.4. The summed E-state index contributed by atoms with van der Waals surface area (Å²) in [6.45, 7) is 0.758. The smallest absolute Gasteiger partial charge is 0.251 e. The van der Waals surface area contributed by atoms with Crippen LogP contribution in [0.1, 0.15) is 28.8 Å². The number of halogens is 1. The minimum Gasteiger partial charge on any atom is -0.493 e. The summed E-state index contributed by atoms with van der Waals surface area (Å²) in [5.41, 5.74) is 1.37. The van der Waals surface area contributed by atoms with Crippen LogP contribution in [0.15, 0.2) is 42.5 Å². The van der Waals surface area contributed by atoms with Crippen molar-refractivity contribution in [3.63, 3.8) is 0 Å². The molecule has 0 heterocycles. The number of hydrogen-bond donors (Lipinski definition) is 2. The van der Waals surface area contributed by atoms with Gasteiger partial charge in [0.05, 0.1) is 14.2 Å². The summed E-state index contributed by atoms with van der Waals surface area (Å²) in [4.78, 5) is 24.0. The molecule has 0 spiro atoms. The quantitative estimate of drug-likeness (QED) is 0.645. The van der Waals surface area contributed by atoms with Crippen LogP contribution in [-0.4, -0.2) is 32.6 Å². The van der Waals surface area contributed by atoms with E-state index in [9.17, 15) is 9.59 Å². The van der Waals surface area contributed by atoms with E-state index in [1.54, 1.807) is 44.6 Å². The highest BCUT2D eigenvalue weighted by atomic mass is 35.5. The molecular weight excluding hydrogens is 368 g/mol. The normalized spacial score (nSPS) is 10.2. The van der Waals surface area contributed by atoms with Crippen LogP contribution in [0.2, 0.25) is 5.02 Å². The molecule has 0 aliphatic rings. The zero-order valence-corrected chi connectivity index (χ0v) is 16.1. The molecule has 2 aromatic carbocycles.